The maximum absolute atomic E-state index is 13.7. The van der Waals surface area contributed by atoms with Crippen molar-refractivity contribution >= 4 is 17.8 Å². The molecule has 1 aromatic heterocycles. The van der Waals surface area contributed by atoms with Crippen molar-refractivity contribution < 1.29 is 14.3 Å². The van der Waals surface area contributed by atoms with Crippen LogP contribution in [0.5, 0.6) is 0 Å². The number of hydrogen-bond donors (Lipinski definition) is 1. The van der Waals surface area contributed by atoms with Gasteiger partial charge in [0.1, 0.15) is 11.6 Å². The van der Waals surface area contributed by atoms with Crippen LogP contribution in [0.4, 0.5) is 10.2 Å². The molecular formula is C28H35FN2O2. The Morgan fingerprint density at radius 1 is 1.27 bits per heavy atom. The van der Waals surface area contributed by atoms with E-state index in [0.717, 1.165) is 59.2 Å². The highest BCUT2D eigenvalue weighted by Crippen LogP contribution is 2.40. The second-order valence-corrected chi connectivity index (χ2v) is 9.30. The lowest BCUT2D eigenvalue weighted by Gasteiger charge is -2.31. The standard InChI is InChI=1S/C28H35FN2O2/c1-18(2)8-6-9-23(33)15-16-24-26(21-11-13-22(29)14-12-21)25-10-7-17-31(20(5)32)28(25)30-27(24)19(3)4/h11-16,19,23,33H,1,6-10,17H2,2-5H3/b16-15+/t23-/m0/s1. The first kappa shape index (κ1) is 24.8. The van der Waals surface area contributed by atoms with E-state index in [-0.39, 0.29) is 17.6 Å². The molecule has 0 bridgehead atoms. The number of carbonyl (C=O) groups is 1. The number of pyridine rings is 1. The Morgan fingerprint density at radius 2 is 1.97 bits per heavy atom. The molecule has 0 spiro atoms. The average Bonchev–Trinajstić information content (AvgIpc) is 2.76. The zero-order valence-electron chi connectivity index (χ0n) is 20.2. The molecule has 0 radical (unpaired) electrons. The Labute approximate surface area is 196 Å². The molecule has 4 nitrogen and oxygen atoms in total. The van der Waals surface area contributed by atoms with Crippen molar-refractivity contribution in [2.24, 2.45) is 0 Å². The molecule has 1 atom stereocenters. The monoisotopic (exact) mass is 450 g/mol. The van der Waals surface area contributed by atoms with Crippen LogP contribution in [-0.2, 0) is 11.2 Å². The molecule has 5 heteroatoms. The molecular weight excluding hydrogens is 415 g/mol. The highest BCUT2D eigenvalue weighted by Gasteiger charge is 2.28. The average molecular weight is 451 g/mol. The van der Waals surface area contributed by atoms with E-state index in [1.165, 1.54) is 12.1 Å². The van der Waals surface area contributed by atoms with E-state index >= 15 is 0 Å². The van der Waals surface area contributed by atoms with E-state index in [9.17, 15) is 14.3 Å². The first-order valence-corrected chi connectivity index (χ1v) is 11.8. The Bertz CT molecular complexity index is 1040. The van der Waals surface area contributed by atoms with Gasteiger partial charge in [-0.3, -0.25) is 9.69 Å². The zero-order chi connectivity index (χ0) is 24.1. The van der Waals surface area contributed by atoms with Crippen molar-refractivity contribution in [2.45, 2.75) is 71.8 Å². The molecule has 33 heavy (non-hydrogen) atoms. The number of halogens is 1. The first-order valence-electron chi connectivity index (χ1n) is 11.8. The molecule has 0 saturated carbocycles. The number of carbonyl (C=O) groups excluding carboxylic acids is 1. The third kappa shape index (κ3) is 5.97. The van der Waals surface area contributed by atoms with Gasteiger partial charge in [0.15, 0.2) is 0 Å². The van der Waals surface area contributed by atoms with Gasteiger partial charge in [-0.25, -0.2) is 9.37 Å². The molecule has 2 aromatic rings. The molecule has 0 fully saturated rings. The summed E-state index contributed by atoms with van der Waals surface area (Å²) in [5, 5.41) is 10.6. The summed E-state index contributed by atoms with van der Waals surface area (Å²) >= 11 is 0. The van der Waals surface area contributed by atoms with Crippen molar-refractivity contribution in [1.29, 1.82) is 0 Å². The van der Waals surface area contributed by atoms with E-state index in [0.29, 0.717) is 18.8 Å². The second kappa shape index (κ2) is 10.9. The Hall–Kier alpha value is -2.79. The third-order valence-electron chi connectivity index (χ3n) is 6.06. The number of allylic oxidation sites excluding steroid dienone is 1. The van der Waals surface area contributed by atoms with Crippen LogP contribution < -0.4 is 4.90 Å². The van der Waals surface area contributed by atoms with Gasteiger partial charge in [-0.2, -0.15) is 0 Å². The number of aliphatic hydroxyl groups is 1. The van der Waals surface area contributed by atoms with Crippen LogP contribution in [0, 0.1) is 5.82 Å². The van der Waals surface area contributed by atoms with Gasteiger partial charge >= 0.3 is 0 Å². The maximum Gasteiger partial charge on any atom is 0.225 e. The summed E-state index contributed by atoms with van der Waals surface area (Å²) in [6.07, 6.45) is 7.27. The lowest BCUT2D eigenvalue weighted by molar-refractivity contribution is -0.116. The van der Waals surface area contributed by atoms with Gasteiger partial charge in [0, 0.05) is 24.6 Å². The van der Waals surface area contributed by atoms with Crippen molar-refractivity contribution in [3.63, 3.8) is 0 Å². The number of aliphatic hydroxyl groups excluding tert-OH is 1. The summed E-state index contributed by atoms with van der Waals surface area (Å²) < 4.78 is 13.7. The molecule has 1 aromatic carbocycles. The number of nitrogens with zero attached hydrogens (tertiary/aromatic N) is 2. The summed E-state index contributed by atoms with van der Waals surface area (Å²) in [6, 6.07) is 6.48. The lowest BCUT2D eigenvalue weighted by atomic mass is 9.87. The summed E-state index contributed by atoms with van der Waals surface area (Å²) in [5.41, 5.74) is 5.77. The summed E-state index contributed by atoms with van der Waals surface area (Å²) in [6.45, 7) is 12.3. The summed E-state index contributed by atoms with van der Waals surface area (Å²) in [7, 11) is 0. The highest BCUT2D eigenvalue weighted by atomic mass is 19.1. The van der Waals surface area contributed by atoms with Gasteiger partial charge in [-0.1, -0.05) is 43.7 Å². The van der Waals surface area contributed by atoms with E-state index in [1.807, 2.05) is 19.1 Å². The van der Waals surface area contributed by atoms with Crippen molar-refractivity contribution in [2.75, 3.05) is 11.4 Å². The SMILES string of the molecule is C=C(C)CCC[C@H](O)/C=C/c1c(C(C)C)nc2c(c1-c1ccc(F)cc1)CCCN2C(C)=O. The lowest BCUT2D eigenvalue weighted by Crippen LogP contribution is -2.35. The van der Waals surface area contributed by atoms with Crippen molar-refractivity contribution in [1.82, 2.24) is 4.98 Å². The van der Waals surface area contributed by atoms with Gasteiger partial charge in [0.25, 0.3) is 0 Å². The normalized spacial score (nSPS) is 14.6. The molecule has 2 heterocycles. The number of amides is 1. The molecule has 0 saturated heterocycles. The first-order chi connectivity index (χ1) is 15.7. The van der Waals surface area contributed by atoms with Gasteiger partial charge < -0.3 is 5.11 Å². The van der Waals surface area contributed by atoms with Crippen molar-refractivity contribution in [3.05, 3.63) is 65.1 Å². The van der Waals surface area contributed by atoms with Gasteiger partial charge in [0.2, 0.25) is 5.91 Å². The van der Waals surface area contributed by atoms with Crippen LogP contribution in [0.3, 0.4) is 0 Å². The number of fused-ring (bicyclic) bond motifs is 1. The summed E-state index contributed by atoms with van der Waals surface area (Å²) in [5.74, 6) is 0.488. The second-order valence-electron chi connectivity index (χ2n) is 9.30. The topological polar surface area (TPSA) is 53.4 Å². The largest absolute Gasteiger partial charge is 0.389 e. The number of benzene rings is 1. The third-order valence-corrected chi connectivity index (χ3v) is 6.06. The van der Waals surface area contributed by atoms with E-state index < -0.39 is 6.10 Å². The van der Waals surface area contributed by atoms with Gasteiger partial charge in [-0.05, 0) is 68.2 Å². The van der Waals surface area contributed by atoms with Crippen molar-refractivity contribution in [3.8, 4) is 11.1 Å². The fraction of sp³-hybridized carbons (Fsp3) is 0.429. The van der Waals surface area contributed by atoms with Crippen LogP contribution in [0.25, 0.3) is 17.2 Å². The molecule has 1 aliphatic rings. The number of rotatable bonds is 8. The van der Waals surface area contributed by atoms with Crippen LogP contribution in [0.1, 0.15) is 76.1 Å². The fourth-order valence-corrected chi connectivity index (χ4v) is 4.40. The number of anilines is 1. The molecule has 3 rings (SSSR count). The Morgan fingerprint density at radius 3 is 2.58 bits per heavy atom. The van der Waals surface area contributed by atoms with Gasteiger partial charge in [-0.15, -0.1) is 6.58 Å². The maximum atomic E-state index is 13.7. The number of hydrogen-bond acceptors (Lipinski definition) is 3. The molecule has 0 unspecified atom stereocenters. The van der Waals surface area contributed by atoms with E-state index in [4.69, 9.17) is 4.98 Å². The minimum atomic E-state index is -0.574. The predicted octanol–water partition coefficient (Wildman–Crippen LogP) is 6.43. The minimum absolute atomic E-state index is 0.0283. The Balaban J connectivity index is 2.16. The smallest absolute Gasteiger partial charge is 0.225 e. The van der Waals surface area contributed by atoms with Crippen LogP contribution in [-0.4, -0.2) is 28.6 Å². The minimum Gasteiger partial charge on any atom is -0.389 e. The fourth-order valence-electron chi connectivity index (χ4n) is 4.40. The van der Waals surface area contributed by atoms with Crippen LogP contribution in [0.2, 0.25) is 0 Å². The van der Waals surface area contributed by atoms with Crippen LogP contribution in [0.15, 0.2) is 42.5 Å². The molecule has 1 aliphatic heterocycles. The highest BCUT2D eigenvalue weighted by molar-refractivity contribution is 5.94. The quantitative estimate of drug-likeness (QED) is 0.472. The zero-order valence-corrected chi connectivity index (χ0v) is 20.2. The molecule has 0 aliphatic carbocycles. The van der Waals surface area contributed by atoms with Crippen LogP contribution >= 0.6 is 0 Å². The van der Waals surface area contributed by atoms with E-state index in [1.54, 1.807) is 24.0 Å². The van der Waals surface area contributed by atoms with E-state index in [2.05, 4.69) is 20.4 Å². The molecule has 1 N–H and O–H groups in total. The predicted molar refractivity (Wildman–Crippen MR) is 134 cm³/mol. The van der Waals surface area contributed by atoms with Gasteiger partial charge in [0.05, 0.1) is 11.8 Å². The summed E-state index contributed by atoms with van der Waals surface area (Å²) in [4.78, 5) is 19.1. The number of aromatic nitrogens is 1. The molecule has 176 valence electrons. The molecule has 1 amide bonds. The Kier molecular flexibility index (Phi) is 8.20.